The van der Waals surface area contributed by atoms with Gasteiger partial charge in [0.15, 0.2) is 0 Å². The van der Waals surface area contributed by atoms with E-state index in [0.29, 0.717) is 0 Å². The zero-order chi connectivity index (χ0) is 19.7. The first-order chi connectivity index (χ1) is 14.4. The van der Waals surface area contributed by atoms with E-state index in [1.54, 1.807) is 10.6 Å². The minimum absolute atomic E-state index is 0.251. The van der Waals surface area contributed by atoms with Crippen LogP contribution in [0.5, 0.6) is 0 Å². The van der Waals surface area contributed by atoms with Crippen LogP contribution in [0.25, 0.3) is 0 Å². The molecule has 3 heteroatoms. The van der Waals surface area contributed by atoms with E-state index in [4.69, 9.17) is 0 Å². The Kier molecular flexibility index (Phi) is 0.889. The summed E-state index contributed by atoms with van der Waals surface area (Å²) in [6.07, 6.45) is 0. The Labute approximate surface area is 170 Å². The number of nitrogens with zero attached hydrogens (tertiary/aromatic N) is 1. The molecule has 0 aliphatic carbocycles. The van der Waals surface area contributed by atoms with Crippen LogP contribution < -0.4 is 10.6 Å². The Bertz CT molecular complexity index is 1600. The molecule has 0 N–H and O–H groups in total. The fourth-order valence-corrected chi connectivity index (χ4v) is 115. The molecule has 0 aromatic heterocycles. The molecular formula is C27H30FeNP. The van der Waals surface area contributed by atoms with Crippen molar-refractivity contribution in [3.05, 3.63) is 60.7 Å². The average Bonchev–Trinajstić information content (AvgIpc) is 3.74. The molecule has 5 atom stereocenters. The summed E-state index contributed by atoms with van der Waals surface area (Å²) in [5.41, 5.74) is 0. The van der Waals surface area contributed by atoms with E-state index >= 15 is 0 Å². The van der Waals surface area contributed by atoms with Gasteiger partial charge < -0.3 is 0 Å². The van der Waals surface area contributed by atoms with Crippen molar-refractivity contribution in [1.82, 2.24) is 4.90 Å². The third-order valence-corrected chi connectivity index (χ3v) is 70.7. The first-order valence-electron chi connectivity index (χ1n) is 12.3. The number of benzene rings is 2. The van der Waals surface area contributed by atoms with Crippen LogP contribution in [0.3, 0.4) is 0 Å². The molecule has 10 aliphatic rings. The Balaban J connectivity index is 1.31. The van der Waals surface area contributed by atoms with E-state index in [-0.39, 0.29) is 7.92 Å². The van der Waals surface area contributed by atoms with Crippen LogP contribution in [-0.4, -0.2) is 26.5 Å². The predicted molar refractivity (Wildman–Crippen MR) is 122 cm³/mol. The van der Waals surface area contributed by atoms with Crippen LogP contribution in [0.4, 0.5) is 0 Å². The van der Waals surface area contributed by atoms with Gasteiger partial charge in [0.05, 0.1) is 0 Å². The predicted octanol–water partition coefficient (Wildman–Crippen LogP) is 6.06. The maximum absolute atomic E-state index is 3.67. The van der Waals surface area contributed by atoms with Crippen molar-refractivity contribution in [1.29, 1.82) is 0 Å². The second kappa shape index (κ2) is 1.84. The molecule has 1 spiro atoms. The molecule has 10 fully saturated rings. The normalized spacial score (nSPS) is 77.8. The topological polar surface area (TPSA) is 3.24 Å². The van der Waals surface area contributed by atoms with Gasteiger partial charge in [-0.2, -0.15) is 0 Å². The SMILES string of the molecule is CCN(CC)[C]12[CH]3[CH]4[C]5(C)[C]1(P(c1ccccc1)c1ccccc1)[Fe]43521678[CH]2[CH]1[CH]6[CH]7[CH]28. The van der Waals surface area contributed by atoms with E-state index in [1.807, 2.05) is 0 Å². The van der Waals surface area contributed by atoms with Gasteiger partial charge in [-0.3, -0.25) is 0 Å². The maximum atomic E-state index is 3.17. The average molecular weight is 455 g/mol. The fourth-order valence-electron chi connectivity index (χ4n) is 21.7. The number of fused-ring (bicyclic) bond motifs is 10. The monoisotopic (exact) mass is 455 g/mol. The summed E-state index contributed by atoms with van der Waals surface area (Å²) in [7, 11) is -0.251. The van der Waals surface area contributed by atoms with Crippen molar-refractivity contribution in [3.8, 4) is 0 Å². The fraction of sp³-hybridized carbons (Fsp3) is 0.556. The third-order valence-electron chi connectivity index (χ3n) is 19.2. The van der Waals surface area contributed by atoms with Gasteiger partial charge in [0, 0.05) is 0 Å². The van der Waals surface area contributed by atoms with Crippen molar-refractivity contribution in [2.24, 2.45) is 0 Å². The van der Waals surface area contributed by atoms with E-state index in [1.165, 1.54) is 46.8 Å². The number of hydrogen-bond acceptors (Lipinski definition) is 1. The van der Waals surface area contributed by atoms with Gasteiger partial charge in [0.1, 0.15) is 0 Å². The molecule has 10 aliphatic heterocycles. The molecule has 12 rings (SSSR count). The summed E-state index contributed by atoms with van der Waals surface area (Å²) in [6.45, 7) is 6.88. The van der Waals surface area contributed by atoms with Gasteiger partial charge in [-0.15, -0.1) is 0 Å². The number of rotatable bonds is 6. The van der Waals surface area contributed by atoms with Gasteiger partial charge >= 0.3 is 171 Å². The third kappa shape index (κ3) is 0.242. The van der Waals surface area contributed by atoms with E-state index in [2.05, 4.69) is 86.3 Å². The summed E-state index contributed by atoms with van der Waals surface area (Å²) in [6, 6.07) is 24.0. The van der Waals surface area contributed by atoms with Crippen LogP contribution in [0.15, 0.2) is 60.7 Å². The molecular weight excluding hydrogens is 425 g/mol. The van der Waals surface area contributed by atoms with Crippen molar-refractivity contribution in [2.45, 2.75) is 67.3 Å². The van der Waals surface area contributed by atoms with Gasteiger partial charge in [0.2, 0.25) is 0 Å². The van der Waals surface area contributed by atoms with Gasteiger partial charge in [-0.1, -0.05) is 0 Å². The Morgan fingerprint density at radius 3 is 1.60 bits per heavy atom. The van der Waals surface area contributed by atoms with Crippen molar-refractivity contribution < 1.29 is 6.51 Å². The van der Waals surface area contributed by atoms with Crippen molar-refractivity contribution in [2.75, 3.05) is 13.1 Å². The summed E-state index contributed by atoms with van der Waals surface area (Å²) in [4.78, 5) is 12.4. The molecule has 30 heavy (non-hydrogen) atoms. The molecule has 2 aromatic rings. The quantitative estimate of drug-likeness (QED) is 0.378. The Morgan fingerprint density at radius 1 is 0.767 bits per heavy atom. The van der Waals surface area contributed by atoms with Crippen LogP contribution in [0.1, 0.15) is 20.8 Å². The first-order valence-corrected chi connectivity index (χ1v) is 19.8. The zero-order valence-electron chi connectivity index (χ0n) is 18.0. The van der Waals surface area contributed by atoms with Gasteiger partial charge in [-0.05, 0) is 0 Å². The van der Waals surface area contributed by atoms with E-state index in [9.17, 15) is 0 Å². The molecule has 5 unspecified atom stereocenters. The van der Waals surface area contributed by atoms with Crippen LogP contribution >= 0.6 is 7.92 Å². The van der Waals surface area contributed by atoms with E-state index < -0.39 is 6.51 Å². The van der Waals surface area contributed by atoms with E-state index in [0.717, 1.165) is 12.8 Å². The Hall–Kier alpha value is -0.651. The molecule has 1 nitrogen and oxygen atoms in total. The van der Waals surface area contributed by atoms with Gasteiger partial charge in [0.25, 0.3) is 0 Å². The molecule has 156 valence electrons. The summed E-state index contributed by atoms with van der Waals surface area (Å²) in [5.74, 6) is 0. The molecule has 0 radical (unpaired) electrons. The summed E-state index contributed by atoms with van der Waals surface area (Å²) < 4.78 is 2.38. The van der Waals surface area contributed by atoms with Gasteiger partial charge in [-0.25, -0.2) is 0 Å². The van der Waals surface area contributed by atoms with Crippen LogP contribution in [0.2, 0.25) is 38.0 Å². The second-order valence-corrected chi connectivity index (χ2v) is 40.2. The summed E-state index contributed by atoms with van der Waals surface area (Å²) >= 11 is 0. The molecule has 0 amide bonds. The molecule has 10 saturated heterocycles. The summed E-state index contributed by atoms with van der Waals surface area (Å²) in [5, 5.41) is 3.44. The van der Waals surface area contributed by atoms with Crippen LogP contribution in [-0.2, 0) is 6.51 Å². The minimum atomic E-state index is -3.67. The zero-order valence-corrected chi connectivity index (χ0v) is 20.0. The second-order valence-electron chi connectivity index (χ2n) is 14.3. The molecule has 10 heterocycles. The van der Waals surface area contributed by atoms with Crippen LogP contribution in [0, 0.1) is 0 Å². The molecule has 0 saturated carbocycles. The van der Waals surface area contributed by atoms with Crippen molar-refractivity contribution in [3.63, 3.8) is 0 Å². The molecule has 2 aromatic carbocycles. The Morgan fingerprint density at radius 2 is 1.23 bits per heavy atom. The number of hydrogen-bond donors (Lipinski definition) is 0. The molecule has 0 bridgehead atoms. The first kappa shape index (κ1) is 14.5. The standard InChI is InChI=1S/C22H25NP.C5H5.Fe/c1-4-23(5-2)21-17-16-18(3)22(21)24(19-12-8-6-9-13-19)20-14-10-7-11-15-20;1-2-4-5-3-1;/h6-17H,4-5H2,1-3H3;1-5H;. The van der Waals surface area contributed by atoms with Crippen molar-refractivity contribution >= 4 is 18.5 Å².